The van der Waals surface area contributed by atoms with Crippen LogP contribution in [-0.2, 0) is 0 Å². The molecule has 0 fully saturated rings. The monoisotopic (exact) mass is 214 g/mol. The van der Waals surface area contributed by atoms with E-state index in [1.807, 2.05) is 0 Å². The molecule has 15 heavy (non-hydrogen) atoms. The molecule has 1 unspecified atom stereocenters. The number of aliphatic hydroxyl groups is 1. The van der Waals surface area contributed by atoms with Gasteiger partial charge in [0.15, 0.2) is 0 Å². The summed E-state index contributed by atoms with van der Waals surface area (Å²) >= 11 is 0. The Bertz CT molecular complexity index is 112. The molecule has 0 spiro atoms. The molecule has 0 aromatic rings. The van der Waals surface area contributed by atoms with Crippen LogP contribution in [0.15, 0.2) is 0 Å². The van der Waals surface area contributed by atoms with Crippen LogP contribution >= 0.6 is 0 Å². The molecule has 0 bridgehead atoms. The zero-order valence-corrected chi connectivity index (χ0v) is 10.8. The van der Waals surface area contributed by atoms with Crippen molar-refractivity contribution in [1.82, 2.24) is 0 Å². The highest BCUT2D eigenvalue weighted by molar-refractivity contribution is 4.56. The highest BCUT2D eigenvalue weighted by atomic mass is 16.3. The van der Waals surface area contributed by atoms with E-state index in [0.717, 1.165) is 12.8 Å². The fraction of sp³-hybridized carbons (Fsp3) is 1.00. The van der Waals surface area contributed by atoms with E-state index in [9.17, 15) is 5.11 Å². The highest BCUT2D eigenvalue weighted by Crippen LogP contribution is 2.12. The predicted octanol–water partition coefficient (Wildman–Crippen LogP) is 4.68. The maximum Gasteiger partial charge on any atom is 0.0540 e. The zero-order chi connectivity index (χ0) is 11.4. The van der Waals surface area contributed by atoms with Crippen molar-refractivity contribution in [1.29, 1.82) is 0 Å². The average molecular weight is 214 g/mol. The topological polar surface area (TPSA) is 20.2 Å². The van der Waals surface area contributed by atoms with Crippen LogP contribution in [0.2, 0.25) is 0 Å². The second-order valence-corrected chi connectivity index (χ2v) is 4.71. The van der Waals surface area contributed by atoms with E-state index >= 15 is 0 Å². The van der Waals surface area contributed by atoms with Crippen molar-refractivity contribution in [3.8, 4) is 0 Å². The molecule has 0 heterocycles. The third-order valence-corrected chi connectivity index (χ3v) is 3.03. The van der Waals surface area contributed by atoms with Crippen molar-refractivity contribution < 1.29 is 5.11 Å². The summed E-state index contributed by atoms with van der Waals surface area (Å²) in [6.45, 7) is 4.46. The van der Waals surface area contributed by atoms with Crippen molar-refractivity contribution in [3.05, 3.63) is 0 Å². The first-order valence-electron chi connectivity index (χ1n) is 6.99. The molecule has 0 aromatic heterocycles. The minimum atomic E-state index is -0.0253. The van der Waals surface area contributed by atoms with Crippen LogP contribution in [0.1, 0.15) is 84.5 Å². The Morgan fingerprint density at radius 3 is 1.67 bits per heavy atom. The molecule has 0 aliphatic rings. The lowest BCUT2D eigenvalue weighted by molar-refractivity contribution is 0.147. The SMILES string of the molecule is CCCCCCCCC(O)CCCCC. The summed E-state index contributed by atoms with van der Waals surface area (Å²) in [6.07, 6.45) is 13.7. The largest absolute Gasteiger partial charge is 0.393 e. The molecule has 0 amide bonds. The van der Waals surface area contributed by atoms with Crippen LogP contribution < -0.4 is 0 Å². The minimum Gasteiger partial charge on any atom is -0.393 e. The van der Waals surface area contributed by atoms with Crippen LogP contribution in [0, 0.1) is 0 Å². The first-order valence-corrected chi connectivity index (χ1v) is 6.99. The van der Waals surface area contributed by atoms with E-state index in [4.69, 9.17) is 0 Å². The molecule has 0 aliphatic carbocycles. The van der Waals surface area contributed by atoms with Crippen LogP contribution in [0.4, 0.5) is 0 Å². The van der Waals surface area contributed by atoms with Crippen molar-refractivity contribution in [2.24, 2.45) is 0 Å². The van der Waals surface area contributed by atoms with Crippen molar-refractivity contribution in [2.45, 2.75) is 90.6 Å². The van der Waals surface area contributed by atoms with Crippen molar-refractivity contribution in [2.75, 3.05) is 0 Å². The fourth-order valence-electron chi connectivity index (χ4n) is 1.93. The number of unbranched alkanes of at least 4 members (excludes halogenated alkanes) is 7. The molecule has 0 rings (SSSR count). The number of rotatable bonds is 11. The van der Waals surface area contributed by atoms with E-state index in [-0.39, 0.29) is 6.10 Å². The minimum absolute atomic E-state index is 0.0253. The van der Waals surface area contributed by atoms with Crippen LogP contribution in [-0.4, -0.2) is 11.2 Å². The molecule has 92 valence electrons. The van der Waals surface area contributed by atoms with Gasteiger partial charge in [0.25, 0.3) is 0 Å². The molecule has 0 saturated carbocycles. The summed E-state index contributed by atoms with van der Waals surface area (Å²) in [5, 5.41) is 9.68. The third kappa shape index (κ3) is 11.9. The first kappa shape index (κ1) is 15.0. The molecule has 1 heteroatoms. The van der Waals surface area contributed by atoms with Gasteiger partial charge in [-0.25, -0.2) is 0 Å². The Kier molecular flexibility index (Phi) is 12.0. The molecule has 0 radical (unpaired) electrons. The van der Waals surface area contributed by atoms with Gasteiger partial charge in [-0.05, 0) is 12.8 Å². The Morgan fingerprint density at radius 2 is 1.07 bits per heavy atom. The second kappa shape index (κ2) is 12.0. The van der Waals surface area contributed by atoms with Crippen molar-refractivity contribution >= 4 is 0 Å². The molecule has 1 N–H and O–H groups in total. The Hall–Kier alpha value is -0.0400. The van der Waals surface area contributed by atoms with Gasteiger partial charge in [-0.15, -0.1) is 0 Å². The lowest BCUT2D eigenvalue weighted by Crippen LogP contribution is -2.05. The summed E-state index contributed by atoms with van der Waals surface area (Å²) in [7, 11) is 0. The number of hydrogen-bond donors (Lipinski definition) is 1. The van der Waals surface area contributed by atoms with E-state index in [1.165, 1.54) is 57.8 Å². The number of aliphatic hydroxyl groups excluding tert-OH is 1. The Labute approximate surface area is 96.3 Å². The highest BCUT2D eigenvalue weighted by Gasteiger charge is 2.02. The fourth-order valence-corrected chi connectivity index (χ4v) is 1.93. The van der Waals surface area contributed by atoms with Gasteiger partial charge in [0.1, 0.15) is 0 Å². The van der Waals surface area contributed by atoms with Crippen LogP contribution in [0.5, 0.6) is 0 Å². The normalized spacial score (nSPS) is 13.0. The maximum absolute atomic E-state index is 9.68. The molecule has 1 nitrogen and oxygen atoms in total. The van der Waals surface area contributed by atoms with Gasteiger partial charge in [-0.3, -0.25) is 0 Å². The lowest BCUT2D eigenvalue weighted by atomic mass is 10.0. The van der Waals surface area contributed by atoms with Gasteiger partial charge in [-0.2, -0.15) is 0 Å². The van der Waals surface area contributed by atoms with E-state index in [0.29, 0.717) is 0 Å². The molecule has 0 aliphatic heterocycles. The van der Waals surface area contributed by atoms with Gasteiger partial charge in [0.05, 0.1) is 6.10 Å². The van der Waals surface area contributed by atoms with Gasteiger partial charge in [0, 0.05) is 0 Å². The van der Waals surface area contributed by atoms with Crippen molar-refractivity contribution in [3.63, 3.8) is 0 Å². The second-order valence-electron chi connectivity index (χ2n) is 4.71. The Morgan fingerprint density at radius 1 is 0.667 bits per heavy atom. The van der Waals surface area contributed by atoms with Gasteiger partial charge in [0.2, 0.25) is 0 Å². The lowest BCUT2D eigenvalue weighted by Gasteiger charge is -2.09. The van der Waals surface area contributed by atoms with Crippen LogP contribution in [0.3, 0.4) is 0 Å². The van der Waals surface area contributed by atoms with Crippen LogP contribution in [0.25, 0.3) is 0 Å². The number of hydrogen-bond acceptors (Lipinski definition) is 1. The molecular weight excluding hydrogens is 184 g/mol. The molecule has 1 atom stereocenters. The van der Waals surface area contributed by atoms with E-state index in [1.54, 1.807) is 0 Å². The smallest absolute Gasteiger partial charge is 0.0540 e. The van der Waals surface area contributed by atoms with E-state index < -0.39 is 0 Å². The molecular formula is C14H30O. The maximum atomic E-state index is 9.68. The average Bonchev–Trinajstić information content (AvgIpc) is 2.23. The first-order chi connectivity index (χ1) is 7.31. The van der Waals surface area contributed by atoms with E-state index in [2.05, 4.69) is 13.8 Å². The summed E-state index contributed by atoms with van der Waals surface area (Å²) in [6, 6.07) is 0. The molecule has 0 aromatic carbocycles. The zero-order valence-electron chi connectivity index (χ0n) is 10.8. The summed E-state index contributed by atoms with van der Waals surface area (Å²) in [4.78, 5) is 0. The summed E-state index contributed by atoms with van der Waals surface area (Å²) in [5.74, 6) is 0. The summed E-state index contributed by atoms with van der Waals surface area (Å²) in [5.41, 5.74) is 0. The molecule has 0 saturated heterocycles. The Balaban J connectivity index is 3.06. The predicted molar refractivity (Wildman–Crippen MR) is 68.1 cm³/mol. The van der Waals surface area contributed by atoms with Gasteiger partial charge >= 0.3 is 0 Å². The van der Waals surface area contributed by atoms with Gasteiger partial charge < -0.3 is 5.11 Å². The quantitative estimate of drug-likeness (QED) is 0.495. The van der Waals surface area contributed by atoms with Gasteiger partial charge in [-0.1, -0.05) is 71.6 Å². The summed E-state index contributed by atoms with van der Waals surface area (Å²) < 4.78 is 0. The standard InChI is InChI=1S/C14H30O/c1-3-5-7-8-9-11-13-14(15)12-10-6-4-2/h14-15H,3-13H2,1-2H3. The third-order valence-electron chi connectivity index (χ3n) is 3.03.